The van der Waals surface area contributed by atoms with Crippen LogP contribution < -0.4 is 5.32 Å². The molecule has 1 atom stereocenters. The molecular weight excluding hydrogens is 294 g/mol. The predicted octanol–water partition coefficient (Wildman–Crippen LogP) is 2.83. The molecule has 2 heterocycles. The fourth-order valence-corrected chi connectivity index (χ4v) is 3.71. The molecule has 1 N–H and O–H groups in total. The van der Waals surface area contributed by atoms with Gasteiger partial charge in [0, 0.05) is 6.54 Å². The molecule has 1 fully saturated rings. The van der Waals surface area contributed by atoms with Gasteiger partial charge in [-0.05, 0) is 44.5 Å². The van der Waals surface area contributed by atoms with Crippen molar-refractivity contribution in [3.8, 4) is 10.4 Å². The largest absolute Gasteiger partial charge is 0.351 e. The first-order valence-corrected chi connectivity index (χ1v) is 8.50. The van der Waals surface area contributed by atoms with E-state index >= 15 is 0 Å². The van der Waals surface area contributed by atoms with Gasteiger partial charge < -0.3 is 5.32 Å². The number of likely N-dealkylation sites (N-methyl/N-ethyl adjacent to an activating group) is 1. The van der Waals surface area contributed by atoms with E-state index in [1.54, 1.807) is 11.3 Å². The molecule has 0 saturated carbocycles. The number of hydrogen-bond donors (Lipinski definition) is 1. The first-order chi connectivity index (χ1) is 10.6. The molecule has 1 aliphatic rings. The molecule has 1 aromatic heterocycles. The maximum atomic E-state index is 12.2. The highest BCUT2D eigenvalue weighted by Crippen LogP contribution is 2.27. The average Bonchev–Trinajstić information content (AvgIpc) is 3.14. The molecule has 3 rings (SSSR count). The molecule has 2 aromatic rings. The standard InChI is InChI=1S/C17H21N3OS/c1-12-16(22-11-19-12)14-7-5-13(6-8-14)10-18-17(21)15-4-3-9-20(15)2/h5-8,11,15H,3-4,9-10H2,1-2H3,(H,18,21)/t15-/m0/s1. The first-order valence-electron chi connectivity index (χ1n) is 7.62. The first kappa shape index (κ1) is 15.2. The van der Waals surface area contributed by atoms with Gasteiger partial charge >= 0.3 is 0 Å². The summed E-state index contributed by atoms with van der Waals surface area (Å²) in [6, 6.07) is 8.40. The average molecular weight is 315 g/mol. The molecule has 1 amide bonds. The van der Waals surface area contributed by atoms with Gasteiger partial charge in [0.05, 0.1) is 22.1 Å². The van der Waals surface area contributed by atoms with Gasteiger partial charge in [-0.1, -0.05) is 24.3 Å². The summed E-state index contributed by atoms with van der Waals surface area (Å²) in [5.41, 5.74) is 5.25. The van der Waals surface area contributed by atoms with Crippen LogP contribution in [0.2, 0.25) is 0 Å². The van der Waals surface area contributed by atoms with E-state index in [-0.39, 0.29) is 11.9 Å². The van der Waals surface area contributed by atoms with Gasteiger partial charge in [-0.25, -0.2) is 4.98 Å². The molecule has 116 valence electrons. The Morgan fingerprint density at radius 2 is 2.18 bits per heavy atom. The van der Waals surface area contributed by atoms with E-state index in [0.29, 0.717) is 6.54 Å². The Labute approximate surface area is 135 Å². The maximum Gasteiger partial charge on any atom is 0.237 e. The highest BCUT2D eigenvalue weighted by Gasteiger charge is 2.27. The fourth-order valence-electron chi connectivity index (χ4n) is 2.90. The molecule has 0 spiro atoms. The van der Waals surface area contributed by atoms with Crippen LogP contribution in [0.15, 0.2) is 29.8 Å². The minimum absolute atomic E-state index is 0.0408. The molecule has 1 aliphatic heterocycles. The second kappa shape index (κ2) is 6.58. The highest BCUT2D eigenvalue weighted by atomic mass is 32.1. The zero-order chi connectivity index (χ0) is 15.5. The number of aryl methyl sites for hydroxylation is 1. The molecule has 22 heavy (non-hydrogen) atoms. The number of aromatic nitrogens is 1. The number of thiazole rings is 1. The van der Waals surface area contributed by atoms with Gasteiger partial charge in [0.25, 0.3) is 0 Å². The van der Waals surface area contributed by atoms with Crippen molar-refractivity contribution in [1.82, 2.24) is 15.2 Å². The van der Waals surface area contributed by atoms with Crippen molar-refractivity contribution in [1.29, 1.82) is 0 Å². The number of nitrogens with one attached hydrogen (secondary N) is 1. The zero-order valence-corrected chi connectivity index (χ0v) is 13.8. The Morgan fingerprint density at radius 1 is 1.41 bits per heavy atom. The molecule has 1 aromatic carbocycles. The lowest BCUT2D eigenvalue weighted by atomic mass is 10.1. The molecule has 4 nitrogen and oxygen atoms in total. The molecule has 0 bridgehead atoms. The van der Waals surface area contributed by atoms with Gasteiger partial charge in [-0.15, -0.1) is 11.3 Å². The lowest BCUT2D eigenvalue weighted by molar-refractivity contribution is -0.125. The summed E-state index contributed by atoms with van der Waals surface area (Å²) in [5, 5.41) is 3.05. The van der Waals surface area contributed by atoms with E-state index in [0.717, 1.165) is 30.6 Å². The van der Waals surface area contributed by atoms with Crippen LogP contribution in [0.3, 0.4) is 0 Å². The summed E-state index contributed by atoms with van der Waals surface area (Å²) in [4.78, 5) is 19.8. The minimum Gasteiger partial charge on any atom is -0.351 e. The lowest BCUT2D eigenvalue weighted by Crippen LogP contribution is -2.41. The molecule has 0 aliphatic carbocycles. The summed E-state index contributed by atoms with van der Waals surface area (Å²) in [6.07, 6.45) is 2.07. The van der Waals surface area contributed by atoms with Gasteiger partial charge in [0.2, 0.25) is 5.91 Å². The van der Waals surface area contributed by atoms with Crippen LogP contribution in [-0.2, 0) is 11.3 Å². The van der Waals surface area contributed by atoms with Crippen LogP contribution in [0.4, 0.5) is 0 Å². The maximum absolute atomic E-state index is 12.2. The van der Waals surface area contributed by atoms with Crippen molar-refractivity contribution >= 4 is 17.2 Å². The molecular formula is C17H21N3OS. The second-order valence-corrected chi connectivity index (χ2v) is 6.68. The van der Waals surface area contributed by atoms with Crippen molar-refractivity contribution in [3.63, 3.8) is 0 Å². The molecule has 0 radical (unpaired) electrons. The molecule has 0 unspecified atom stereocenters. The monoisotopic (exact) mass is 315 g/mol. The predicted molar refractivity (Wildman–Crippen MR) is 89.8 cm³/mol. The fraction of sp³-hybridized carbons (Fsp3) is 0.412. The van der Waals surface area contributed by atoms with Crippen molar-refractivity contribution in [2.75, 3.05) is 13.6 Å². The summed E-state index contributed by atoms with van der Waals surface area (Å²) in [5.74, 6) is 0.141. The van der Waals surface area contributed by atoms with Crippen molar-refractivity contribution < 1.29 is 4.79 Å². The van der Waals surface area contributed by atoms with Crippen molar-refractivity contribution in [2.45, 2.75) is 32.4 Å². The summed E-state index contributed by atoms with van der Waals surface area (Å²) in [7, 11) is 2.02. The minimum atomic E-state index is 0.0408. The SMILES string of the molecule is Cc1ncsc1-c1ccc(CNC(=O)[C@@H]2CCCN2C)cc1. The number of nitrogens with zero attached hydrogens (tertiary/aromatic N) is 2. The molecule has 1 saturated heterocycles. The smallest absolute Gasteiger partial charge is 0.237 e. The van der Waals surface area contributed by atoms with Crippen LogP contribution in [-0.4, -0.2) is 35.4 Å². The van der Waals surface area contributed by atoms with Crippen molar-refractivity contribution in [2.24, 2.45) is 0 Å². The van der Waals surface area contributed by atoms with E-state index in [1.165, 1.54) is 10.4 Å². The van der Waals surface area contributed by atoms with Crippen LogP contribution in [0.5, 0.6) is 0 Å². The van der Waals surface area contributed by atoms with Crippen molar-refractivity contribution in [3.05, 3.63) is 41.0 Å². The number of carbonyl (C=O) groups is 1. The third kappa shape index (κ3) is 3.20. The quantitative estimate of drug-likeness (QED) is 0.943. The number of rotatable bonds is 4. The number of hydrogen-bond acceptors (Lipinski definition) is 4. The second-order valence-electron chi connectivity index (χ2n) is 5.82. The van der Waals surface area contributed by atoms with Gasteiger partial charge in [0.15, 0.2) is 0 Å². The summed E-state index contributed by atoms with van der Waals surface area (Å²) in [6.45, 7) is 3.63. The third-order valence-electron chi connectivity index (χ3n) is 4.25. The Bertz CT molecular complexity index is 650. The van der Waals surface area contributed by atoms with Gasteiger partial charge in [0.1, 0.15) is 0 Å². The number of likely N-dealkylation sites (tertiary alicyclic amines) is 1. The van der Waals surface area contributed by atoms with E-state index in [4.69, 9.17) is 0 Å². The Balaban J connectivity index is 1.60. The topological polar surface area (TPSA) is 45.2 Å². The van der Waals surface area contributed by atoms with E-state index in [9.17, 15) is 4.79 Å². The van der Waals surface area contributed by atoms with E-state index < -0.39 is 0 Å². The summed E-state index contributed by atoms with van der Waals surface area (Å²) >= 11 is 1.66. The van der Waals surface area contributed by atoms with E-state index in [1.807, 2.05) is 19.5 Å². The molecule has 5 heteroatoms. The van der Waals surface area contributed by atoms with Crippen LogP contribution >= 0.6 is 11.3 Å². The van der Waals surface area contributed by atoms with Crippen LogP contribution in [0.25, 0.3) is 10.4 Å². The van der Waals surface area contributed by atoms with Crippen LogP contribution in [0.1, 0.15) is 24.1 Å². The normalized spacial score (nSPS) is 18.5. The Morgan fingerprint density at radius 3 is 2.77 bits per heavy atom. The number of carbonyl (C=O) groups excluding carboxylic acids is 1. The van der Waals surface area contributed by atoms with Gasteiger partial charge in [-0.3, -0.25) is 9.69 Å². The van der Waals surface area contributed by atoms with Crippen LogP contribution in [0, 0.1) is 6.92 Å². The van der Waals surface area contributed by atoms with Gasteiger partial charge in [-0.2, -0.15) is 0 Å². The highest BCUT2D eigenvalue weighted by molar-refractivity contribution is 7.13. The summed E-state index contributed by atoms with van der Waals surface area (Å²) < 4.78 is 0. The lowest BCUT2D eigenvalue weighted by Gasteiger charge is -2.18. The number of amides is 1. The number of benzene rings is 1. The Kier molecular flexibility index (Phi) is 4.55. The Hall–Kier alpha value is -1.72. The third-order valence-corrected chi connectivity index (χ3v) is 5.23. The zero-order valence-electron chi connectivity index (χ0n) is 13.0. The van der Waals surface area contributed by atoms with E-state index in [2.05, 4.69) is 39.5 Å².